The van der Waals surface area contributed by atoms with E-state index in [1.165, 1.54) is 5.56 Å². The van der Waals surface area contributed by atoms with Crippen molar-refractivity contribution in [3.63, 3.8) is 0 Å². The zero-order chi connectivity index (χ0) is 11.0. The van der Waals surface area contributed by atoms with Gasteiger partial charge in [-0.1, -0.05) is 18.2 Å². The van der Waals surface area contributed by atoms with Crippen molar-refractivity contribution in [2.75, 3.05) is 6.61 Å². The molecular formula is C12H13N3O. The molecule has 0 aliphatic carbocycles. The lowest BCUT2D eigenvalue weighted by atomic mass is 9.92. The van der Waals surface area contributed by atoms with E-state index < -0.39 is 0 Å². The molecule has 1 unspecified atom stereocenters. The largest absolute Gasteiger partial charge is 0.493 e. The standard InChI is InChI=1S/C12H13N3O/c1-15-8-13-14-12(15)10-6-7-16-11-5-3-2-4-9(10)11/h2-5,8,10H,6-7H2,1H3. The molecule has 4 nitrogen and oxygen atoms in total. The molecule has 0 saturated heterocycles. The van der Waals surface area contributed by atoms with Crippen molar-refractivity contribution < 1.29 is 4.74 Å². The van der Waals surface area contributed by atoms with Crippen LogP contribution in [0.2, 0.25) is 0 Å². The van der Waals surface area contributed by atoms with Crippen LogP contribution in [0, 0.1) is 0 Å². The molecule has 4 heteroatoms. The van der Waals surface area contributed by atoms with Crippen molar-refractivity contribution in [3.8, 4) is 5.75 Å². The summed E-state index contributed by atoms with van der Waals surface area (Å²) in [5.41, 5.74) is 1.21. The maximum atomic E-state index is 5.63. The van der Waals surface area contributed by atoms with E-state index in [9.17, 15) is 0 Å². The van der Waals surface area contributed by atoms with Crippen LogP contribution in [-0.4, -0.2) is 21.4 Å². The Kier molecular flexibility index (Phi) is 2.13. The van der Waals surface area contributed by atoms with Crippen molar-refractivity contribution >= 4 is 0 Å². The number of rotatable bonds is 1. The summed E-state index contributed by atoms with van der Waals surface area (Å²) < 4.78 is 7.61. The molecule has 1 aliphatic heterocycles. The minimum atomic E-state index is 0.303. The molecule has 0 bridgehead atoms. The predicted molar refractivity (Wildman–Crippen MR) is 59.4 cm³/mol. The molecule has 1 aliphatic rings. The van der Waals surface area contributed by atoms with Gasteiger partial charge in [-0.3, -0.25) is 0 Å². The SMILES string of the molecule is Cn1cnnc1C1CCOc2ccccc21. The highest BCUT2D eigenvalue weighted by atomic mass is 16.5. The molecule has 0 spiro atoms. The first-order valence-corrected chi connectivity index (χ1v) is 5.42. The molecule has 3 rings (SSSR count). The smallest absolute Gasteiger partial charge is 0.140 e. The van der Waals surface area contributed by atoms with Gasteiger partial charge < -0.3 is 9.30 Å². The average molecular weight is 215 g/mol. The van der Waals surface area contributed by atoms with E-state index in [-0.39, 0.29) is 0 Å². The van der Waals surface area contributed by atoms with Crippen LogP contribution < -0.4 is 4.74 Å². The molecule has 2 aromatic rings. The number of ether oxygens (including phenoxy) is 1. The van der Waals surface area contributed by atoms with Gasteiger partial charge >= 0.3 is 0 Å². The molecule has 16 heavy (non-hydrogen) atoms. The summed E-state index contributed by atoms with van der Waals surface area (Å²) >= 11 is 0. The second-order valence-electron chi connectivity index (χ2n) is 4.03. The molecule has 82 valence electrons. The van der Waals surface area contributed by atoms with Crippen molar-refractivity contribution in [1.29, 1.82) is 0 Å². The summed E-state index contributed by atoms with van der Waals surface area (Å²) in [4.78, 5) is 0. The van der Waals surface area contributed by atoms with E-state index >= 15 is 0 Å². The summed E-state index contributed by atoms with van der Waals surface area (Å²) in [7, 11) is 1.98. The van der Waals surface area contributed by atoms with Crippen molar-refractivity contribution in [3.05, 3.63) is 42.0 Å². The minimum absolute atomic E-state index is 0.303. The number of aromatic nitrogens is 3. The van der Waals surface area contributed by atoms with E-state index in [0.29, 0.717) is 5.92 Å². The van der Waals surface area contributed by atoms with Crippen LogP contribution in [0.1, 0.15) is 23.7 Å². The predicted octanol–water partition coefficient (Wildman–Crippen LogP) is 1.73. The Morgan fingerprint density at radius 3 is 3.06 bits per heavy atom. The first kappa shape index (κ1) is 9.39. The van der Waals surface area contributed by atoms with E-state index in [2.05, 4.69) is 16.3 Å². The summed E-state index contributed by atoms with van der Waals surface area (Å²) in [6, 6.07) is 8.15. The maximum absolute atomic E-state index is 5.63. The second-order valence-corrected chi connectivity index (χ2v) is 4.03. The van der Waals surface area contributed by atoms with Gasteiger partial charge in [0, 0.05) is 12.6 Å². The molecule has 1 aromatic heterocycles. The van der Waals surface area contributed by atoms with Crippen LogP contribution in [0.15, 0.2) is 30.6 Å². The summed E-state index contributed by atoms with van der Waals surface area (Å²) in [5.74, 6) is 2.29. The number of benzene rings is 1. The molecule has 1 aromatic carbocycles. The van der Waals surface area contributed by atoms with Gasteiger partial charge in [0.25, 0.3) is 0 Å². The van der Waals surface area contributed by atoms with Gasteiger partial charge in [0.2, 0.25) is 0 Å². The zero-order valence-electron chi connectivity index (χ0n) is 9.13. The Balaban J connectivity index is 2.08. The summed E-state index contributed by atoms with van der Waals surface area (Å²) in [6.07, 6.45) is 2.71. The average Bonchev–Trinajstić information content (AvgIpc) is 2.75. The Hall–Kier alpha value is -1.84. The number of nitrogens with zero attached hydrogens (tertiary/aromatic N) is 3. The Bertz CT molecular complexity index is 506. The monoisotopic (exact) mass is 215 g/mol. The molecule has 0 amide bonds. The molecular weight excluding hydrogens is 202 g/mol. The fourth-order valence-corrected chi connectivity index (χ4v) is 2.22. The maximum Gasteiger partial charge on any atom is 0.140 e. The quantitative estimate of drug-likeness (QED) is 0.727. The molecule has 0 N–H and O–H groups in total. The number of fused-ring (bicyclic) bond motifs is 1. The Morgan fingerprint density at radius 2 is 2.25 bits per heavy atom. The third-order valence-corrected chi connectivity index (χ3v) is 3.02. The number of hydrogen-bond acceptors (Lipinski definition) is 3. The number of aryl methyl sites for hydroxylation is 1. The lowest BCUT2D eigenvalue weighted by molar-refractivity contribution is 0.273. The van der Waals surface area contributed by atoms with Crippen LogP contribution in [0.25, 0.3) is 0 Å². The highest BCUT2D eigenvalue weighted by molar-refractivity contribution is 5.40. The molecule has 0 fully saturated rings. The third kappa shape index (κ3) is 1.38. The highest BCUT2D eigenvalue weighted by Crippen LogP contribution is 2.36. The molecule has 0 saturated carbocycles. The number of hydrogen-bond donors (Lipinski definition) is 0. The van der Waals surface area contributed by atoms with Crippen LogP contribution >= 0.6 is 0 Å². The highest BCUT2D eigenvalue weighted by Gasteiger charge is 2.25. The van der Waals surface area contributed by atoms with Gasteiger partial charge in [-0.15, -0.1) is 10.2 Å². The van der Waals surface area contributed by atoms with Gasteiger partial charge in [0.15, 0.2) is 0 Å². The zero-order valence-corrected chi connectivity index (χ0v) is 9.13. The van der Waals surface area contributed by atoms with E-state index in [0.717, 1.165) is 24.6 Å². The van der Waals surface area contributed by atoms with E-state index in [1.54, 1.807) is 6.33 Å². The fourth-order valence-electron chi connectivity index (χ4n) is 2.22. The van der Waals surface area contributed by atoms with E-state index in [4.69, 9.17) is 4.74 Å². The van der Waals surface area contributed by atoms with Crippen LogP contribution in [0.3, 0.4) is 0 Å². The van der Waals surface area contributed by atoms with Crippen LogP contribution in [0.5, 0.6) is 5.75 Å². The normalized spacial score (nSPS) is 18.9. The topological polar surface area (TPSA) is 39.9 Å². The van der Waals surface area contributed by atoms with Crippen molar-refractivity contribution in [1.82, 2.24) is 14.8 Å². The molecule has 1 atom stereocenters. The fraction of sp³-hybridized carbons (Fsp3) is 0.333. The first-order valence-electron chi connectivity index (χ1n) is 5.42. The van der Waals surface area contributed by atoms with Crippen LogP contribution in [-0.2, 0) is 7.05 Å². The minimum Gasteiger partial charge on any atom is -0.493 e. The van der Waals surface area contributed by atoms with Crippen LogP contribution in [0.4, 0.5) is 0 Å². The summed E-state index contributed by atoms with van der Waals surface area (Å²) in [6.45, 7) is 0.745. The third-order valence-electron chi connectivity index (χ3n) is 3.02. The molecule has 0 radical (unpaired) electrons. The molecule has 2 heterocycles. The lowest BCUT2D eigenvalue weighted by Crippen LogP contribution is -2.17. The van der Waals surface area contributed by atoms with Crippen molar-refractivity contribution in [2.24, 2.45) is 7.05 Å². The number of para-hydroxylation sites is 1. The lowest BCUT2D eigenvalue weighted by Gasteiger charge is -2.24. The van der Waals surface area contributed by atoms with Gasteiger partial charge in [-0.2, -0.15) is 0 Å². The first-order chi connectivity index (χ1) is 7.86. The van der Waals surface area contributed by atoms with Gasteiger partial charge in [0.1, 0.15) is 17.9 Å². The van der Waals surface area contributed by atoms with Crippen molar-refractivity contribution in [2.45, 2.75) is 12.3 Å². The van der Waals surface area contributed by atoms with Gasteiger partial charge in [0.05, 0.1) is 12.5 Å². The van der Waals surface area contributed by atoms with Gasteiger partial charge in [-0.05, 0) is 12.5 Å². The Labute approximate surface area is 93.9 Å². The van der Waals surface area contributed by atoms with E-state index in [1.807, 2.05) is 29.8 Å². The second kappa shape index (κ2) is 3.63. The summed E-state index contributed by atoms with van der Waals surface area (Å²) in [5, 5.41) is 8.14. The van der Waals surface area contributed by atoms with Gasteiger partial charge in [-0.25, -0.2) is 0 Å². The Morgan fingerprint density at radius 1 is 1.38 bits per heavy atom.